The Kier molecular flexibility index (Phi) is 6.76. The largest absolute Gasteiger partial charge is 0.388 e. The average Bonchev–Trinajstić information content (AvgIpc) is 2.30. The highest BCUT2D eigenvalue weighted by Crippen LogP contribution is 2.18. The maximum absolute atomic E-state index is 9.84. The van der Waals surface area contributed by atoms with Gasteiger partial charge in [-0.1, -0.05) is 18.2 Å². The van der Waals surface area contributed by atoms with Gasteiger partial charge in [-0.3, -0.25) is 5.32 Å². The highest BCUT2D eigenvalue weighted by atomic mass is 32.2. The van der Waals surface area contributed by atoms with E-state index in [9.17, 15) is 5.11 Å². The predicted molar refractivity (Wildman–Crippen MR) is 64.9 cm³/mol. The first-order chi connectivity index (χ1) is 7.34. The fourth-order valence-corrected chi connectivity index (χ4v) is 2.32. The average molecular weight is 229 g/mol. The Morgan fingerprint density at radius 2 is 2.40 bits per heavy atom. The molecule has 0 spiro atoms. The molecule has 1 rings (SSSR count). The minimum Gasteiger partial charge on any atom is -0.388 e. The lowest BCUT2D eigenvalue weighted by Gasteiger charge is -2.15. The Balaban J connectivity index is 2.10. The van der Waals surface area contributed by atoms with Crippen LogP contribution < -0.4 is 5.32 Å². The molecule has 0 radical (unpaired) electrons. The Bertz CT molecular complexity index is 229. The lowest BCUT2D eigenvalue weighted by atomic mass is 10.0. The summed E-state index contributed by atoms with van der Waals surface area (Å²) in [6.45, 7) is 0.811. The molecule has 15 heavy (non-hydrogen) atoms. The molecule has 1 unspecified atom stereocenters. The first kappa shape index (κ1) is 12.8. The standard InChI is InChI=1S/C11H19NO2S/c13-9-12-6-7-15-8-11(14)10-4-2-1-3-5-10/h1-2,4,11-14H,3,5-9H2. The van der Waals surface area contributed by atoms with Gasteiger partial charge >= 0.3 is 0 Å². The van der Waals surface area contributed by atoms with Crippen LogP contribution in [-0.2, 0) is 0 Å². The third kappa shape index (κ3) is 5.37. The van der Waals surface area contributed by atoms with Crippen LogP contribution in [0.1, 0.15) is 12.8 Å². The van der Waals surface area contributed by atoms with Crippen LogP contribution in [0.3, 0.4) is 0 Å². The van der Waals surface area contributed by atoms with E-state index < -0.39 is 0 Å². The summed E-state index contributed by atoms with van der Waals surface area (Å²) in [4.78, 5) is 0. The number of rotatable bonds is 7. The van der Waals surface area contributed by atoms with Crippen LogP contribution in [0.2, 0.25) is 0 Å². The van der Waals surface area contributed by atoms with Crippen LogP contribution in [0.25, 0.3) is 0 Å². The molecular weight excluding hydrogens is 210 g/mol. The van der Waals surface area contributed by atoms with Gasteiger partial charge in [0, 0.05) is 18.1 Å². The molecule has 0 aliphatic heterocycles. The smallest absolute Gasteiger partial charge is 0.0931 e. The summed E-state index contributed by atoms with van der Waals surface area (Å²) in [5.74, 6) is 1.66. The summed E-state index contributed by atoms with van der Waals surface area (Å²) in [6.07, 6.45) is 7.86. The minimum atomic E-state index is -0.311. The number of thioether (sulfide) groups is 1. The zero-order valence-electron chi connectivity index (χ0n) is 8.85. The van der Waals surface area contributed by atoms with Crippen molar-refractivity contribution in [1.82, 2.24) is 5.32 Å². The van der Waals surface area contributed by atoms with Crippen molar-refractivity contribution in [3.05, 3.63) is 23.8 Å². The van der Waals surface area contributed by atoms with Crippen molar-refractivity contribution in [2.75, 3.05) is 24.8 Å². The van der Waals surface area contributed by atoms with Crippen LogP contribution in [0.15, 0.2) is 23.8 Å². The fraction of sp³-hybridized carbons (Fsp3) is 0.636. The van der Waals surface area contributed by atoms with E-state index in [4.69, 9.17) is 5.11 Å². The van der Waals surface area contributed by atoms with Gasteiger partial charge in [0.25, 0.3) is 0 Å². The number of hydrogen-bond acceptors (Lipinski definition) is 4. The molecule has 0 aromatic heterocycles. The number of hydrogen-bond donors (Lipinski definition) is 3. The Morgan fingerprint density at radius 3 is 3.07 bits per heavy atom. The molecule has 0 saturated heterocycles. The first-order valence-electron chi connectivity index (χ1n) is 5.27. The van der Waals surface area contributed by atoms with E-state index in [1.54, 1.807) is 11.8 Å². The van der Waals surface area contributed by atoms with Crippen LogP contribution in [0.4, 0.5) is 0 Å². The fourth-order valence-electron chi connectivity index (χ4n) is 1.42. The third-order valence-corrected chi connectivity index (χ3v) is 3.33. The van der Waals surface area contributed by atoms with Crippen molar-refractivity contribution in [2.24, 2.45) is 0 Å². The van der Waals surface area contributed by atoms with E-state index in [1.165, 1.54) is 0 Å². The molecule has 0 fully saturated rings. The second-order valence-electron chi connectivity index (χ2n) is 3.46. The van der Waals surface area contributed by atoms with Gasteiger partial charge in [0.1, 0.15) is 0 Å². The van der Waals surface area contributed by atoms with Gasteiger partial charge < -0.3 is 10.2 Å². The van der Waals surface area contributed by atoms with E-state index in [0.717, 1.165) is 36.5 Å². The number of allylic oxidation sites excluding steroid dienone is 3. The lowest BCUT2D eigenvalue weighted by Crippen LogP contribution is -2.20. The maximum Gasteiger partial charge on any atom is 0.0931 e. The van der Waals surface area contributed by atoms with Crippen LogP contribution in [-0.4, -0.2) is 41.1 Å². The molecule has 1 atom stereocenters. The maximum atomic E-state index is 9.84. The normalized spacial score (nSPS) is 17.6. The van der Waals surface area contributed by atoms with Crippen molar-refractivity contribution < 1.29 is 10.2 Å². The summed E-state index contributed by atoms with van der Waals surface area (Å²) in [5, 5.41) is 21.2. The van der Waals surface area contributed by atoms with E-state index in [1.807, 2.05) is 12.2 Å². The molecule has 3 nitrogen and oxygen atoms in total. The molecule has 0 aromatic carbocycles. The molecule has 0 saturated carbocycles. The lowest BCUT2D eigenvalue weighted by molar-refractivity contribution is 0.231. The summed E-state index contributed by atoms with van der Waals surface area (Å²) in [7, 11) is 0. The van der Waals surface area contributed by atoms with Gasteiger partial charge in [-0.25, -0.2) is 0 Å². The zero-order valence-corrected chi connectivity index (χ0v) is 9.67. The molecule has 0 amide bonds. The van der Waals surface area contributed by atoms with Gasteiger partial charge in [-0.05, 0) is 18.4 Å². The van der Waals surface area contributed by atoms with Crippen LogP contribution >= 0.6 is 11.8 Å². The quantitative estimate of drug-likeness (QED) is 0.448. The number of nitrogens with one attached hydrogen (secondary N) is 1. The molecule has 1 aliphatic rings. The van der Waals surface area contributed by atoms with Crippen molar-refractivity contribution >= 4 is 11.8 Å². The summed E-state index contributed by atoms with van der Waals surface area (Å²) >= 11 is 1.71. The Labute approximate surface area is 95.3 Å². The second-order valence-corrected chi connectivity index (χ2v) is 4.61. The highest BCUT2D eigenvalue weighted by molar-refractivity contribution is 7.99. The second kappa shape index (κ2) is 7.93. The van der Waals surface area contributed by atoms with Crippen LogP contribution in [0, 0.1) is 0 Å². The van der Waals surface area contributed by atoms with Crippen molar-refractivity contribution in [3.63, 3.8) is 0 Å². The number of aliphatic hydroxyl groups is 2. The van der Waals surface area contributed by atoms with E-state index in [-0.39, 0.29) is 12.8 Å². The highest BCUT2D eigenvalue weighted by Gasteiger charge is 2.10. The van der Waals surface area contributed by atoms with E-state index in [0.29, 0.717) is 0 Å². The van der Waals surface area contributed by atoms with Crippen molar-refractivity contribution in [3.8, 4) is 0 Å². The SMILES string of the molecule is OCNCCSCC(O)C1=CC=CCC1. The van der Waals surface area contributed by atoms with Gasteiger partial charge in [0.05, 0.1) is 12.8 Å². The van der Waals surface area contributed by atoms with Crippen molar-refractivity contribution in [2.45, 2.75) is 18.9 Å². The molecular formula is C11H19NO2S. The number of aliphatic hydroxyl groups excluding tert-OH is 2. The molecule has 4 heteroatoms. The summed E-state index contributed by atoms with van der Waals surface area (Å²) in [5.41, 5.74) is 1.14. The third-order valence-electron chi connectivity index (χ3n) is 2.28. The van der Waals surface area contributed by atoms with Gasteiger partial charge in [0.15, 0.2) is 0 Å². The predicted octanol–water partition coefficient (Wildman–Crippen LogP) is 0.896. The summed E-state index contributed by atoms with van der Waals surface area (Å²) < 4.78 is 0. The van der Waals surface area contributed by atoms with Gasteiger partial charge in [-0.15, -0.1) is 0 Å². The molecule has 0 aromatic rings. The van der Waals surface area contributed by atoms with E-state index in [2.05, 4.69) is 11.4 Å². The van der Waals surface area contributed by atoms with Gasteiger partial charge in [-0.2, -0.15) is 11.8 Å². The molecule has 1 aliphatic carbocycles. The first-order valence-corrected chi connectivity index (χ1v) is 6.43. The Morgan fingerprint density at radius 1 is 1.53 bits per heavy atom. The Hall–Kier alpha value is -0.290. The molecule has 86 valence electrons. The molecule has 0 heterocycles. The molecule has 3 N–H and O–H groups in total. The summed E-state index contributed by atoms with van der Waals surface area (Å²) in [6, 6.07) is 0. The van der Waals surface area contributed by atoms with Crippen LogP contribution in [0.5, 0.6) is 0 Å². The van der Waals surface area contributed by atoms with Crippen molar-refractivity contribution in [1.29, 1.82) is 0 Å². The van der Waals surface area contributed by atoms with Gasteiger partial charge in [0.2, 0.25) is 0 Å². The minimum absolute atomic E-state index is 0.0268. The molecule has 0 bridgehead atoms. The van der Waals surface area contributed by atoms with E-state index >= 15 is 0 Å². The monoisotopic (exact) mass is 229 g/mol. The zero-order chi connectivity index (χ0) is 10.9. The topological polar surface area (TPSA) is 52.5 Å².